The Kier molecular flexibility index (Phi) is 7.02. The standard InChI is InChI=1S/C25H25N3O3S.ClH/c1-27(2)10-5-11-28(24(29)19-9-8-17-6-3-4-7-18(17)14-19)25-26-20-15-21-22(16-23(20)32-25)31-13-12-30-21;/h3-4,6-9,14-16H,5,10-13H2,1-2H3;1H. The monoisotopic (exact) mass is 483 g/mol. The van der Waals surface area contributed by atoms with Gasteiger partial charge < -0.3 is 14.4 Å². The van der Waals surface area contributed by atoms with E-state index in [0.717, 1.165) is 39.7 Å². The zero-order valence-corrected chi connectivity index (χ0v) is 20.2. The van der Waals surface area contributed by atoms with Gasteiger partial charge in [0.25, 0.3) is 5.91 Å². The molecule has 33 heavy (non-hydrogen) atoms. The van der Waals surface area contributed by atoms with Gasteiger partial charge >= 0.3 is 0 Å². The number of thiazole rings is 1. The van der Waals surface area contributed by atoms with Crippen molar-refractivity contribution in [1.29, 1.82) is 0 Å². The highest BCUT2D eigenvalue weighted by molar-refractivity contribution is 7.22. The van der Waals surface area contributed by atoms with Crippen LogP contribution in [0.25, 0.3) is 21.0 Å². The van der Waals surface area contributed by atoms with E-state index in [2.05, 4.69) is 11.0 Å². The molecule has 0 fully saturated rings. The van der Waals surface area contributed by atoms with Crippen molar-refractivity contribution in [2.75, 3.05) is 45.3 Å². The number of hydrogen-bond acceptors (Lipinski definition) is 6. The maximum absolute atomic E-state index is 13.6. The number of hydrogen-bond donors (Lipinski definition) is 0. The molecular weight excluding hydrogens is 458 g/mol. The third kappa shape index (κ3) is 4.90. The minimum atomic E-state index is -0.0363. The molecule has 4 aromatic rings. The number of carbonyl (C=O) groups is 1. The van der Waals surface area contributed by atoms with Crippen molar-refractivity contribution >= 4 is 55.8 Å². The van der Waals surface area contributed by atoms with Crippen molar-refractivity contribution in [3.63, 3.8) is 0 Å². The largest absolute Gasteiger partial charge is 0.486 e. The number of nitrogens with zero attached hydrogens (tertiary/aromatic N) is 3. The number of carbonyl (C=O) groups excluding carboxylic acids is 1. The van der Waals surface area contributed by atoms with E-state index in [0.29, 0.717) is 36.2 Å². The van der Waals surface area contributed by atoms with Gasteiger partial charge in [-0.3, -0.25) is 9.69 Å². The van der Waals surface area contributed by atoms with Gasteiger partial charge in [0.2, 0.25) is 0 Å². The first kappa shape index (κ1) is 23.3. The molecule has 0 unspecified atom stereocenters. The molecule has 172 valence electrons. The quantitative estimate of drug-likeness (QED) is 0.375. The average Bonchev–Trinajstić information content (AvgIpc) is 3.21. The number of anilines is 1. The summed E-state index contributed by atoms with van der Waals surface area (Å²) >= 11 is 1.51. The Hall–Kier alpha value is -2.87. The van der Waals surface area contributed by atoms with Crippen LogP contribution in [0.4, 0.5) is 5.13 Å². The molecule has 0 spiro atoms. The fraction of sp³-hybridized carbons (Fsp3) is 0.280. The Bertz CT molecular complexity index is 1250. The Morgan fingerprint density at radius 2 is 1.70 bits per heavy atom. The lowest BCUT2D eigenvalue weighted by Gasteiger charge is -2.21. The van der Waals surface area contributed by atoms with Crippen LogP contribution in [0, 0.1) is 0 Å². The molecule has 8 heteroatoms. The lowest BCUT2D eigenvalue weighted by Crippen LogP contribution is -2.33. The summed E-state index contributed by atoms with van der Waals surface area (Å²) < 4.78 is 12.4. The fourth-order valence-corrected chi connectivity index (χ4v) is 4.88. The summed E-state index contributed by atoms with van der Waals surface area (Å²) in [5, 5.41) is 2.87. The van der Waals surface area contributed by atoms with Gasteiger partial charge in [0.05, 0.1) is 10.2 Å². The first-order valence-electron chi connectivity index (χ1n) is 10.7. The van der Waals surface area contributed by atoms with Crippen molar-refractivity contribution < 1.29 is 14.3 Å². The van der Waals surface area contributed by atoms with Crippen LogP contribution in [0.3, 0.4) is 0 Å². The fourth-order valence-electron chi connectivity index (χ4n) is 3.88. The molecule has 1 aliphatic rings. The molecule has 5 rings (SSSR count). The van der Waals surface area contributed by atoms with Crippen LogP contribution >= 0.6 is 23.7 Å². The molecule has 1 aliphatic heterocycles. The van der Waals surface area contributed by atoms with Gasteiger partial charge in [-0.2, -0.15) is 0 Å². The van der Waals surface area contributed by atoms with Crippen molar-refractivity contribution in [2.24, 2.45) is 0 Å². The minimum Gasteiger partial charge on any atom is -0.486 e. The highest BCUT2D eigenvalue weighted by Gasteiger charge is 2.23. The van der Waals surface area contributed by atoms with E-state index in [9.17, 15) is 4.79 Å². The average molecular weight is 484 g/mol. The van der Waals surface area contributed by atoms with Gasteiger partial charge in [-0.05, 0) is 50.0 Å². The number of fused-ring (bicyclic) bond motifs is 3. The summed E-state index contributed by atoms with van der Waals surface area (Å²) in [6, 6.07) is 17.8. The van der Waals surface area contributed by atoms with E-state index in [4.69, 9.17) is 14.5 Å². The van der Waals surface area contributed by atoms with Crippen LogP contribution in [0.5, 0.6) is 11.5 Å². The lowest BCUT2D eigenvalue weighted by molar-refractivity contribution is 0.0986. The summed E-state index contributed by atoms with van der Waals surface area (Å²) in [5.74, 6) is 1.41. The summed E-state index contributed by atoms with van der Waals surface area (Å²) in [6.45, 7) is 2.56. The Morgan fingerprint density at radius 3 is 2.45 bits per heavy atom. The molecule has 2 heterocycles. The smallest absolute Gasteiger partial charge is 0.260 e. The van der Waals surface area contributed by atoms with Crippen LogP contribution < -0.4 is 14.4 Å². The lowest BCUT2D eigenvalue weighted by atomic mass is 10.1. The third-order valence-corrected chi connectivity index (χ3v) is 6.54. The third-order valence-electron chi connectivity index (χ3n) is 5.50. The number of ether oxygens (including phenoxy) is 2. The van der Waals surface area contributed by atoms with Gasteiger partial charge in [0.1, 0.15) is 13.2 Å². The summed E-state index contributed by atoms with van der Waals surface area (Å²) in [7, 11) is 4.08. The predicted molar refractivity (Wildman–Crippen MR) is 137 cm³/mol. The van der Waals surface area contributed by atoms with Crippen LogP contribution in [-0.4, -0.2) is 56.2 Å². The number of amides is 1. The topological polar surface area (TPSA) is 54.9 Å². The maximum atomic E-state index is 13.6. The predicted octanol–water partition coefficient (Wildman–Crippen LogP) is 5.24. The highest BCUT2D eigenvalue weighted by atomic mass is 35.5. The summed E-state index contributed by atoms with van der Waals surface area (Å²) in [6.07, 6.45) is 0.852. The maximum Gasteiger partial charge on any atom is 0.260 e. The summed E-state index contributed by atoms with van der Waals surface area (Å²) in [4.78, 5) is 22.4. The van der Waals surface area contributed by atoms with Crippen LogP contribution in [0.1, 0.15) is 16.8 Å². The molecule has 0 N–H and O–H groups in total. The van der Waals surface area contributed by atoms with Crippen molar-refractivity contribution in [3.8, 4) is 11.5 Å². The summed E-state index contributed by atoms with van der Waals surface area (Å²) in [5.41, 5.74) is 1.48. The van der Waals surface area contributed by atoms with E-state index in [1.165, 1.54) is 11.3 Å². The molecule has 1 aromatic heterocycles. The Balaban J connectivity index is 0.00000259. The van der Waals surface area contributed by atoms with Crippen LogP contribution in [0.2, 0.25) is 0 Å². The van der Waals surface area contributed by atoms with Crippen molar-refractivity contribution in [2.45, 2.75) is 6.42 Å². The SMILES string of the molecule is CN(C)CCCN(C(=O)c1ccc2ccccc2c1)c1nc2cc3c(cc2s1)OCCO3.Cl. The molecule has 3 aromatic carbocycles. The van der Waals surface area contributed by atoms with Gasteiger partial charge in [-0.25, -0.2) is 4.98 Å². The molecule has 0 aliphatic carbocycles. The number of halogens is 1. The molecule has 1 amide bonds. The second-order valence-electron chi connectivity index (χ2n) is 8.14. The molecule has 0 saturated carbocycles. The number of benzene rings is 3. The van der Waals surface area contributed by atoms with Crippen molar-refractivity contribution in [1.82, 2.24) is 9.88 Å². The molecule has 0 saturated heterocycles. The van der Waals surface area contributed by atoms with E-state index in [-0.39, 0.29) is 18.3 Å². The van der Waals surface area contributed by atoms with Gasteiger partial charge in [-0.15, -0.1) is 12.4 Å². The van der Waals surface area contributed by atoms with E-state index in [1.54, 1.807) is 4.90 Å². The minimum absolute atomic E-state index is 0. The van der Waals surface area contributed by atoms with Crippen LogP contribution in [0.15, 0.2) is 54.6 Å². The van der Waals surface area contributed by atoms with Gasteiger partial charge in [0, 0.05) is 24.2 Å². The van der Waals surface area contributed by atoms with E-state index >= 15 is 0 Å². The molecule has 6 nitrogen and oxygen atoms in total. The van der Waals surface area contributed by atoms with E-state index < -0.39 is 0 Å². The van der Waals surface area contributed by atoms with Gasteiger partial charge in [0.15, 0.2) is 16.6 Å². The number of rotatable bonds is 6. The molecule has 0 bridgehead atoms. The molecule has 0 radical (unpaired) electrons. The second kappa shape index (κ2) is 9.95. The first-order valence-corrected chi connectivity index (χ1v) is 11.6. The second-order valence-corrected chi connectivity index (χ2v) is 9.14. The first-order chi connectivity index (χ1) is 15.6. The van der Waals surface area contributed by atoms with Gasteiger partial charge in [-0.1, -0.05) is 41.7 Å². The number of aromatic nitrogens is 1. The van der Waals surface area contributed by atoms with Crippen LogP contribution in [-0.2, 0) is 0 Å². The molecular formula is C25H26ClN3O3S. The molecule has 0 atom stereocenters. The zero-order chi connectivity index (χ0) is 22.1. The Labute approximate surface area is 203 Å². The van der Waals surface area contributed by atoms with Crippen molar-refractivity contribution in [3.05, 3.63) is 60.2 Å². The Morgan fingerprint density at radius 1 is 0.970 bits per heavy atom. The zero-order valence-electron chi connectivity index (χ0n) is 18.6. The van der Waals surface area contributed by atoms with E-state index in [1.807, 2.05) is 62.6 Å². The normalized spacial score (nSPS) is 12.7. The highest BCUT2D eigenvalue weighted by Crippen LogP contribution is 2.39.